The molecule has 0 atom stereocenters. The fourth-order valence-corrected chi connectivity index (χ4v) is 3.53. The van der Waals surface area contributed by atoms with E-state index in [1.165, 1.54) is 40.1 Å². The number of nitrogens with two attached hydrogens (primary N) is 1. The van der Waals surface area contributed by atoms with Crippen molar-refractivity contribution in [2.45, 2.75) is 46.6 Å². The Labute approximate surface area is 120 Å². The zero-order chi connectivity index (χ0) is 14.3. The van der Waals surface area contributed by atoms with Crippen molar-refractivity contribution in [3.63, 3.8) is 0 Å². The number of aromatic nitrogens is 2. The summed E-state index contributed by atoms with van der Waals surface area (Å²) < 4.78 is 2.39. The summed E-state index contributed by atoms with van der Waals surface area (Å²) in [6.45, 7) is 8.31. The van der Waals surface area contributed by atoms with Crippen LogP contribution < -0.4 is 5.73 Å². The Kier molecular flexibility index (Phi) is 3.38. The molecule has 106 valence electrons. The van der Waals surface area contributed by atoms with E-state index in [-0.39, 0.29) is 0 Å². The molecule has 0 aliphatic carbocycles. The maximum Gasteiger partial charge on any atom is 0.110 e. The molecule has 0 saturated heterocycles. The van der Waals surface area contributed by atoms with Crippen LogP contribution in [0.25, 0.3) is 11.3 Å². The maximum absolute atomic E-state index is 5.73. The number of nitrogens with zero attached hydrogens (tertiary/aromatic N) is 2. The topological polar surface area (TPSA) is 43.8 Å². The van der Waals surface area contributed by atoms with Gasteiger partial charge in [-0.2, -0.15) is 0 Å². The third-order valence-corrected chi connectivity index (χ3v) is 4.23. The van der Waals surface area contributed by atoms with Crippen molar-refractivity contribution in [1.29, 1.82) is 0 Å². The molecule has 1 aliphatic heterocycles. The quantitative estimate of drug-likeness (QED) is 0.931. The monoisotopic (exact) mass is 269 g/mol. The number of fused-ring (bicyclic) bond motifs is 1. The van der Waals surface area contributed by atoms with Crippen LogP contribution in [0.5, 0.6) is 0 Å². The molecule has 0 fully saturated rings. The zero-order valence-corrected chi connectivity index (χ0v) is 12.7. The second-order valence-corrected chi connectivity index (χ2v) is 5.89. The van der Waals surface area contributed by atoms with E-state index in [0.29, 0.717) is 6.54 Å². The van der Waals surface area contributed by atoms with Crippen molar-refractivity contribution >= 4 is 0 Å². The van der Waals surface area contributed by atoms with Crippen LogP contribution in [-0.4, -0.2) is 16.1 Å². The van der Waals surface area contributed by atoms with Crippen molar-refractivity contribution < 1.29 is 0 Å². The van der Waals surface area contributed by atoms with E-state index in [4.69, 9.17) is 10.7 Å². The van der Waals surface area contributed by atoms with Crippen molar-refractivity contribution in [3.8, 4) is 11.3 Å². The van der Waals surface area contributed by atoms with Crippen LogP contribution >= 0.6 is 0 Å². The minimum atomic E-state index is 0.668. The molecule has 2 heterocycles. The molecule has 0 spiro atoms. The van der Waals surface area contributed by atoms with Gasteiger partial charge in [0.2, 0.25) is 0 Å². The van der Waals surface area contributed by atoms with E-state index in [0.717, 1.165) is 25.2 Å². The largest absolute Gasteiger partial charge is 0.331 e. The lowest BCUT2D eigenvalue weighted by Crippen LogP contribution is -2.08. The van der Waals surface area contributed by atoms with Gasteiger partial charge in [0.1, 0.15) is 5.82 Å². The van der Waals surface area contributed by atoms with Gasteiger partial charge in [-0.3, -0.25) is 0 Å². The van der Waals surface area contributed by atoms with E-state index >= 15 is 0 Å². The molecule has 1 aromatic carbocycles. The number of aryl methyl sites for hydroxylation is 3. The highest BCUT2D eigenvalue weighted by molar-refractivity contribution is 5.71. The van der Waals surface area contributed by atoms with Crippen molar-refractivity contribution in [2.75, 3.05) is 6.54 Å². The number of rotatable bonds is 3. The lowest BCUT2D eigenvalue weighted by molar-refractivity contribution is 0.685. The lowest BCUT2D eigenvalue weighted by atomic mass is 9.96. The molecule has 1 aromatic heterocycles. The number of hydrogen-bond donors (Lipinski definition) is 1. The van der Waals surface area contributed by atoms with Gasteiger partial charge in [0, 0.05) is 24.2 Å². The average Bonchev–Trinajstić information content (AvgIpc) is 2.93. The van der Waals surface area contributed by atoms with Gasteiger partial charge < -0.3 is 10.3 Å². The minimum Gasteiger partial charge on any atom is -0.331 e. The third kappa shape index (κ3) is 2.06. The molecular formula is C17H23N3. The Morgan fingerprint density at radius 2 is 1.90 bits per heavy atom. The van der Waals surface area contributed by atoms with E-state index in [1.54, 1.807) is 0 Å². The summed E-state index contributed by atoms with van der Waals surface area (Å²) in [7, 11) is 0. The predicted molar refractivity (Wildman–Crippen MR) is 83.0 cm³/mol. The summed E-state index contributed by atoms with van der Waals surface area (Å²) in [4.78, 5) is 4.93. The molecule has 2 aromatic rings. The first-order chi connectivity index (χ1) is 9.61. The van der Waals surface area contributed by atoms with E-state index in [9.17, 15) is 0 Å². The van der Waals surface area contributed by atoms with E-state index in [2.05, 4.69) is 37.5 Å². The number of benzene rings is 1. The molecule has 0 unspecified atom stereocenters. The van der Waals surface area contributed by atoms with E-state index in [1.807, 2.05) is 0 Å². The van der Waals surface area contributed by atoms with Crippen LogP contribution in [0.2, 0.25) is 0 Å². The highest BCUT2D eigenvalue weighted by Crippen LogP contribution is 2.34. The maximum atomic E-state index is 5.73. The molecule has 0 saturated carbocycles. The highest BCUT2D eigenvalue weighted by Gasteiger charge is 2.23. The molecular weight excluding hydrogens is 246 g/mol. The first-order valence-corrected chi connectivity index (χ1v) is 7.48. The second-order valence-electron chi connectivity index (χ2n) is 5.89. The van der Waals surface area contributed by atoms with Gasteiger partial charge in [0.15, 0.2) is 0 Å². The molecule has 3 nitrogen and oxygen atoms in total. The SMILES string of the molecule is Cc1cc(C)c(-c2nc(CCN)n3c2CCC3)c(C)c1. The summed E-state index contributed by atoms with van der Waals surface area (Å²) >= 11 is 0. The third-order valence-electron chi connectivity index (χ3n) is 4.23. The van der Waals surface area contributed by atoms with Crippen LogP contribution in [0.15, 0.2) is 12.1 Å². The van der Waals surface area contributed by atoms with E-state index < -0.39 is 0 Å². The van der Waals surface area contributed by atoms with Gasteiger partial charge in [-0.05, 0) is 51.3 Å². The normalized spacial score (nSPS) is 13.8. The Bertz CT molecular complexity index is 629. The van der Waals surface area contributed by atoms with Crippen molar-refractivity contribution in [1.82, 2.24) is 9.55 Å². The predicted octanol–water partition coefficient (Wildman–Crippen LogP) is 2.92. The fraction of sp³-hybridized carbons (Fsp3) is 0.471. The first-order valence-electron chi connectivity index (χ1n) is 7.48. The van der Waals surface area contributed by atoms with Crippen molar-refractivity contribution in [3.05, 3.63) is 40.3 Å². The Hall–Kier alpha value is -1.61. The summed E-state index contributed by atoms with van der Waals surface area (Å²) in [6, 6.07) is 4.51. The molecule has 3 heteroatoms. The summed E-state index contributed by atoms with van der Waals surface area (Å²) in [5.74, 6) is 1.16. The molecule has 20 heavy (non-hydrogen) atoms. The molecule has 0 amide bonds. The number of imidazole rings is 1. The summed E-state index contributed by atoms with van der Waals surface area (Å²) in [6.07, 6.45) is 3.24. The zero-order valence-electron chi connectivity index (χ0n) is 12.7. The smallest absolute Gasteiger partial charge is 0.110 e. The van der Waals surface area contributed by atoms with Gasteiger partial charge in [-0.15, -0.1) is 0 Å². The molecule has 0 radical (unpaired) electrons. The standard InChI is InChI=1S/C17H23N3/c1-11-9-12(2)16(13(3)10-11)17-14-5-4-8-20(14)15(19-17)6-7-18/h9-10H,4-8,18H2,1-3H3. The Morgan fingerprint density at radius 3 is 2.55 bits per heavy atom. The van der Waals surface area contributed by atoms with Crippen LogP contribution in [0.4, 0.5) is 0 Å². The molecule has 0 bridgehead atoms. The van der Waals surface area contributed by atoms with Gasteiger partial charge in [0.05, 0.1) is 5.69 Å². The Morgan fingerprint density at radius 1 is 1.20 bits per heavy atom. The first kappa shape index (κ1) is 13.4. The molecule has 1 aliphatic rings. The lowest BCUT2D eigenvalue weighted by Gasteiger charge is -2.10. The van der Waals surface area contributed by atoms with Gasteiger partial charge in [0.25, 0.3) is 0 Å². The number of hydrogen-bond acceptors (Lipinski definition) is 2. The van der Waals surface area contributed by atoms with Crippen molar-refractivity contribution in [2.24, 2.45) is 5.73 Å². The van der Waals surface area contributed by atoms with Crippen LogP contribution in [0.1, 0.15) is 34.6 Å². The molecule has 3 rings (SSSR count). The van der Waals surface area contributed by atoms with Gasteiger partial charge in [-0.25, -0.2) is 4.98 Å². The van der Waals surface area contributed by atoms with Gasteiger partial charge in [-0.1, -0.05) is 17.7 Å². The highest BCUT2D eigenvalue weighted by atomic mass is 15.1. The van der Waals surface area contributed by atoms with Crippen LogP contribution in [0, 0.1) is 20.8 Å². The molecule has 2 N–H and O–H groups in total. The fourth-order valence-electron chi connectivity index (χ4n) is 3.53. The van der Waals surface area contributed by atoms with Crippen LogP contribution in [-0.2, 0) is 19.4 Å². The average molecular weight is 269 g/mol. The summed E-state index contributed by atoms with van der Waals surface area (Å²) in [5, 5.41) is 0. The Balaban J connectivity index is 2.18. The second kappa shape index (κ2) is 5.06. The van der Waals surface area contributed by atoms with Gasteiger partial charge >= 0.3 is 0 Å². The minimum absolute atomic E-state index is 0.668. The van der Waals surface area contributed by atoms with Crippen LogP contribution in [0.3, 0.4) is 0 Å². The summed E-state index contributed by atoms with van der Waals surface area (Å²) in [5.41, 5.74) is 13.6.